The van der Waals surface area contributed by atoms with Gasteiger partial charge in [0, 0.05) is 20.0 Å². The van der Waals surface area contributed by atoms with E-state index < -0.39 is 5.60 Å². The molecule has 1 aliphatic rings. The van der Waals surface area contributed by atoms with Gasteiger partial charge in [-0.05, 0) is 24.8 Å². The Balaban J connectivity index is 1.79. The second kappa shape index (κ2) is 8.83. The van der Waals surface area contributed by atoms with E-state index in [1.165, 1.54) is 6.92 Å². The van der Waals surface area contributed by atoms with Gasteiger partial charge in [0.2, 0.25) is 11.8 Å². The lowest BCUT2D eigenvalue weighted by molar-refractivity contribution is -0.134. The highest BCUT2D eigenvalue weighted by Crippen LogP contribution is 2.27. The van der Waals surface area contributed by atoms with Crippen LogP contribution in [0, 0.1) is 0 Å². The van der Waals surface area contributed by atoms with Gasteiger partial charge in [-0.1, -0.05) is 49.6 Å². The Kier molecular flexibility index (Phi) is 6.79. The number of hydrogen-bond donors (Lipinski definition) is 2. The molecule has 2 amide bonds. The third-order valence-corrected chi connectivity index (χ3v) is 4.69. The molecule has 0 saturated heterocycles. The molecular weight excluding hydrogens is 304 g/mol. The molecule has 2 N–H and O–H groups in total. The lowest BCUT2D eigenvalue weighted by Crippen LogP contribution is -2.47. The van der Waals surface area contributed by atoms with Crippen molar-refractivity contribution in [2.75, 3.05) is 19.6 Å². The molecule has 0 spiro atoms. The minimum atomic E-state index is -0.779. The molecule has 0 atom stereocenters. The zero-order valence-electron chi connectivity index (χ0n) is 14.5. The smallest absolute Gasteiger partial charge is 0.239 e. The predicted octanol–water partition coefficient (Wildman–Crippen LogP) is 1.89. The molecule has 5 heteroatoms. The van der Waals surface area contributed by atoms with Crippen LogP contribution < -0.4 is 5.32 Å². The van der Waals surface area contributed by atoms with Gasteiger partial charge in [-0.15, -0.1) is 0 Å². The number of hydrogen-bond acceptors (Lipinski definition) is 3. The highest BCUT2D eigenvalue weighted by atomic mass is 16.3. The lowest BCUT2D eigenvalue weighted by atomic mass is 9.85. The zero-order chi connectivity index (χ0) is 17.4. The van der Waals surface area contributed by atoms with Crippen molar-refractivity contribution in [3.8, 4) is 0 Å². The molecule has 1 aliphatic carbocycles. The lowest BCUT2D eigenvalue weighted by Gasteiger charge is -2.32. The van der Waals surface area contributed by atoms with Crippen molar-refractivity contribution in [2.45, 2.75) is 51.0 Å². The molecule has 1 aromatic carbocycles. The van der Waals surface area contributed by atoms with Crippen LogP contribution in [0.2, 0.25) is 0 Å². The van der Waals surface area contributed by atoms with E-state index in [-0.39, 0.29) is 24.9 Å². The summed E-state index contributed by atoms with van der Waals surface area (Å²) in [6, 6.07) is 9.90. The minimum Gasteiger partial charge on any atom is -0.388 e. The first kappa shape index (κ1) is 18.5. The van der Waals surface area contributed by atoms with Crippen molar-refractivity contribution >= 4 is 11.8 Å². The largest absolute Gasteiger partial charge is 0.388 e. The predicted molar refractivity (Wildman–Crippen MR) is 93.4 cm³/mol. The fraction of sp³-hybridized carbons (Fsp3) is 0.579. The summed E-state index contributed by atoms with van der Waals surface area (Å²) in [4.78, 5) is 25.5. The molecule has 0 bridgehead atoms. The molecule has 5 nitrogen and oxygen atoms in total. The van der Waals surface area contributed by atoms with Crippen molar-refractivity contribution < 1.29 is 14.7 Å². The second-order valence-electron chi connectivity index (χ2n) is 6.74. The van der Waals surface area contributed by atoms with E-state index in [0.29, 0.717) is 6.54 Å². The second-order valence-corrected chi connectivity index (χ2v) is 6.74. The molecule has 132 valence electrons. The number of aliphatic hydroxyl groups is 1. The van der Waals surface area contributed by atoms with Crippen LogP contribution >= 0.6 is 0 Å². The first-order valence-corrected chi connectivity index (χ1v) is 8.77. The molecule has 0 aromatic heterocycles. The number of amides is 2. The summed E-state index contributed by atoms with van der Waals surface area (Å²) in [5.74, 6) is -0.324. The summed E-state index contributed by atoms with van der Waals surface area (Å²) in [6.07, 6.45) is 5.34. The Hall–Kier alpha value is -1.88. The monoisotopic (exact) mass is 332 g/mol. The first-order valence-electron chi connectivity index (χ1n) is 8.77. The Morgan fingerprint density at radius 2 is 1.83 bits per heavy atom. The molecule has 0 radical (unpaired) electrons. The van der Waals surface area contributed by atoms with Crippen LogP contribution in [0.4, 0.5) is 0 Å². The summed E-state index contributed by atoms with van der Waals surface area (Å²) >= 11 is 0. The van der Waals surface area contributed by atoms with E-state index in [9.17, 15) is 14.7 Å². The third kappa shape index (κ3) is 5.96. The molecular formula is C19H28N2O3. The van der Waals surface area contributed by atoms with E-state index in [1.807, 2.05) is 30.3 Å². The maximum atomic E-state index is 12.1. The van der Waals surface area contributed by atoms with Crippen molar-refractivity contribution in [1.29, 1.82) is 0 Å². The zero-order valence-corrected chi connectivity index (χ0v) is 14.5. The van der Waals surface area contributed by atoms with Crippen LogP contribution in [0.1, 0.15) is 44.6 Å². The molecule has 0 heterocycles. The average Bonchev–Trinajstić information content (AvgIpc) is 2.58. The maximum absolute atomic E-state index is 12.1. The van der Waals surface area contributed by atoms with Crippen molar-refractivity contribution in [1.82, 2.24) is 10.2 Å². The minimum absolute atomic E-state index is 0.0399. The summed E-state index contributed by atoms with van der Waals surface area (Å²) in [6.45, 7) is 2.30. The molecule has 0 aliphatic heterocycles. The number of rotatable bonds is 7. The van der Waals surface area contributed by atoms with Gasteiger partial charge in [-0.3, -0.25) is 9.59 Å². The van der Waals surface area contributed by atoms with E-state index >= 15 is 0 Å². The van der Waals surface area contributed by atoms with Crippen LogP contribution in [0.15, 0.2) is 30.3 Å². The highest BCUT2D eigenvalue weighted by molar-refractivity contribution is 5.83. The number of carbonyl (C=O) groups is 2. The highest BCUT2D eigenvalue weighted by Gasteiger charge is 2.29. The Morgan fingerprint density at radius 3 is 2.46 bits per heavy atom. The van der Waals surface area contributed by atoms with Gasteiger partial charge in [0.05, 0.1) is 12.1 Å². The molecule has 1 aromatic rings. The van der Waals surface area contributed by atoms with Gasteiger partial charge in [0.1, 0.15) is 0 Å². The van der Waals surface area contributed by atoms with Crippen molar-refractivity contribution in [2.24, 2.45) is 0 Å². The van der Waals surface area contributed by atoms with Gasteiger partial charge < -0.3 is 15.3 Å². The van der Waals surface area contributed by atoms with E-state index in [2.05, 4.69) is 5.32 Å². The van der Waals surface area contributed by atoms with Gasteiger partial charge in [-0.25, -0.2) is 0 Å². The summed E-state index contributed by atoms with van der Waals surface area (Å²) < 4.78 is 0. The Morgan fingerprint density at radius 1 is 1.17 bits per heavy atom. The van der Waals surface area contributed by atoms with Crippen LogP contribution in [-0.2, 0) is 16.0 Å². The van der Waals surface area contributed by atoms with Gasteiger partial charge in [0.15, 0.2) is 0 Å². The van der Waals surface area contributed by atoms with E-state index in [0.717, 1.165) is 44.1 Å². The first-order chi connectivity index (χ1) is 11.5. The van der Waals surface area contributed by atoms with Crippen LogP contribution in [-0.4, -0.2) is 47.1 Å². The van der Waals surface area contributed by atoms with Gasteiger partial charge >= 0.3 is 0 Å². The maximum Gasteiger partial charge on any atom is 0.239 e. The standard InChI is InChI=1S/C19H28N2O3/c1-16(22)21(13-10-17-8-4-2-5-9-17)14-18(23)20-15-19(24)11-6-3-7-12-19/h2,4-5,8-9,24H,3,6-7,10-15H2,1H3,(H,20,23). The fourth-order valence-corrected chi connectivity index (χ4v) is 3.14. The summed E-state index contributed by atoms with van der Waals surface area (Å²) in [5.41, 5.74) is 0.361. The topological polar surface area (TPSA) is 69.6 Å². The molecule has 24 heavy (non-hydrogen) atoms. The fourth-order valence-electron chi connectivity index (χ4n) is 3.14. The number of carbonyl (C=O) groups excluding carboxylic acids is 2. The normalized spacial score (nSPS) is 16.4. The summed E-state index contributed by atoms with van der Waals surface area (Å²) in [5, 5.41) is 13.2. The summed E-state index contributed by atoms with van der Waals surface area (Å²) in [7, 11) is 0. The SMILES string of the molecule is CC(=O)N(CCc1ccccc1)CC(=O)NCC1(O)CCCCC1. The molecule has 1 saturated carbocycles. The average molecular weight is 332 g/mol. The van der Waals surface area contributed by atoms with Crippen LogP contribution in [0.5, 0.6) is 0 Å². The Bertz CT molecular complexity index is 539. The van der Waals surface area contributed by atoms with E-state index in [1.54, 1.807) is 4.90 Å². The number of nitrogens with zero attached hydrogens (tertiary/aromatic N) is 1. The molecule has 1 fully saturated rings. The Labute approximate surface area is 144 Å². The van der Waals surface area contributed by atoms with Crippen molar-refractivity contribution in [3.05, 3.63) is 35.9 Å². The molecule has 2 rings (SSSR count). The number of benzene rings is 1. The van der Waals surface area contributed by atoms with E-state index in [4.69, 9.17) is 0 Å². The third-order valence-electron chi connectivity index (χ3n) is 4.69. The van der Waals surface area contributed by atoms with Crippen LogP contribution in [0.3, 0.4) is 0 Å². The van der Waals surface area contributed by atoms with Crippen LogP contribution in [0.25, 0.3) is 0 Å². The van der Waals surface area contributed by atoms with Crippen molar-refractivity contribution in [3.63, 3.8) is 0 Å². The quantitative estimate of drug-likeness (QED) is 0.801. The van der Waals surface area contributed by atoms with Gasteiger partial charge in [-0.2, -0.15) is 0 Å². The van der Waals surface area contributed by atoms with Gasteiger partial charge in [0.25, 0.3) is 0 Å². The molecule has 0 unspecified atom stereocenters. The number of nitrogens with one attached hydrogen (secondary N) is 1.